The molecule has 0 N–H and O–H groups in total. The fourth-order valence-electron chi connectivity index (χ4n) is 1.98. The Morgan fingerprint density at radius 3 is 2.12 bits per heavy atom. The van der Waals surface area contributed by atoms with Crippen molar-refractivity contribution in [3.63, 3.8) is 0 Å². The largest absolute Gasteiger partial charge is 0.126 e. The van der Waals surface area contributed by atoms with Crippen LogP contribution in [0, 0.1) is 11.3 Å². The van der Waals surface area contributed by atoms with Gasteiger partial charge in [0.05, 0.1) is 0 Å². The average Bonchev–Trinajstić information content (AvgIpc) is 2.36. The number of rotatable bonds is 7. The Kier molecular flexibility index (Phi) is 6.37. The second kappa shape index (κ2) is 7.28. The van der Waals surface area contributed by atoms with Gasteiger partial charge in [-0.3, -0.25) is 0 Å². The van der Waals surface area contributed by atoms with E-state index in [1.165, 1.54) is 12.0 Å². The lowest BCUT2D eigenvalue weighted by Crippen LogP contribution is -2.28. The Labute approximate surface area is 115 Å². The van der Waals surface area contributed by atoms with Crippen molar-refractivity contribution in [2.75, 3.05) is 11.8 Å². The maximum absolute atomic E-state index is 6.17. The summed E-state index contributed by atoms with van der Waals surface area (Å²) in [5, 5.41) is 0. The van der Waals surface area contributed by atoms with Gasteiger partial charge in [0.15, 0.2) is 0 Å². The van der Waals surface area contributed by atoms with Crippen molar-refractivity contribution in [1.29, 1.82) is 0 Å². The van der Waals surface area contributed by atoms with Gasteiger partial charge in [0.1, 0.15) is 0 Å². The van der Waals surface area contributed by atoms with Crippen molar-refractivity contribution in [3.05, 3.63) is 35.9 Å². The SMILES string of the molecule is CC(C)CCC(CCl)(CCl)Cc1ccccc1. The summed E-state index contributed by atoms with van der Waals surface area (Å²) in [7, 11) is 0. The monoisotopic (exact) mass is 272 g/mol. The Morgan fingerprint density at radius 2 is 1.65 bits per heavy atom. The lowest BCUT2D eigenvalue weighted by Gasteiger charge is -2.30. The highest BCUT2D eigenvalue weighted by molar-refractivity contribution is 6.21. The molecule has 0 fully saturated rings. The first-order valence-electron chi connectivity index (χ1n) is 6.28. The molecule has 0 atom stereocenters. The minimum Gasteiger partial charge on any atom is -0.126 e. The third kappa shape index (κ3) is 4.89. The number of hydrogen-bond donors (Lipinski definition) is 0. The molecule has 0 aliphatic heterocycles. The zero-order chi connectivity index (χ0) is 12.7. The molecule has 0 aliphatic carbocycles. The molecule has 0 saturated heterocycles. The highest BCUT2D eigenvalue weighted by atomic mass is 35.5. The van der Waals surface area contributed by atoms with E-state index in [4.69, 9.17) is 23.2 Å². The minimum atomic E-state index is 0.0503. The second-order valence-electron chi connectivity index (χ2n) is 5.36. The van der Waals surface area contributed by atoms with Crippen LogP contribution in [0.15, 0.2) is 30.3 Å². The van der Waals surface area contributed by atoms with Crippen molar-refractivity contribution in [2.45, 2.75) is 33.1 Å². The second-order valence-corrected chi connectivity index (χ2v) is 5.90. The van der Waals surface area contributed by atoms with Crippen LogP contribution in [0.2, 0.25) is 0 Å². The van der Waals surface area contributed by atoms with E-state index < -0.39 is 0 Å². The molecule has 0 aromatic heterocycles. The first-order chi connectivity index (χ1) is 8.12. The van der Waals surface area contributed by atoms with Crippen LogP contribution in [0.1, 0.15) is 32.3 Å². The van der Waals surface area contributed by atoms with Crippen molar-refractivity contribution < 1.29 is 0 Å². The number of alkyl halides is 2. The van der Waals surface area contributed by atoms with Crippen LogP contribution in [0.4, 0.5) is 0 Å². The normalized spacial score (nSPS) is 12.1. The fraction of sp³-hybridized carbons (Fsp3) is 0.600. The van der Waals surface area contributed by atoms with Crippen molar-refractivity contribution in [3.8, 4) is 0 Å². The Bertz CT molecular complexity index is 302. The molecule has 1 aromatic carbocycles. The molecule has 2 heteroatoms. The van der Waals surface area contributed by atoms with Crippen molar-refractivity contribution >= 4 is 23.2 Å². The predicted octanol–water partition coefficient (Wildman–Crippen LogP) is 5.13. The lowest BCUT2D eigenvalue weighted by atomic mass is 9.79. The van der Waals surface area contributed by atoms with Crippen LogP contribution in [0.5, 0.6) is 0 Å². The van der Waals surface area contributed by atoms with E-state index in [9.17, 15) is 0 Å². The van der Waals surface area contributed by atoms with Gasteiger partial charge in [-0.25, -0.2) is 0 Å². The molecule has 0 unspecified atom stereocenters. The minimum absolute atomic E-state index is 0.0503. The summed E-state index contributed by atoms with van der Waals surface area (Å²) in [5.41, 5.74) is 1.38. The smallest absolute Gasteiger partial charge is 0.0294 e. The lowest BCUT2D eigenvalue weighted by molar-refractivity contribution is 0.312. The van der Waals surface area contributed by atoms with E-state index >= 15 is 0 Å². The highest BCUT2D eigenvalue weighted by Crippen LogP contribution is 2.33. The summed E-state index contributed by atoms with van der Waals surface area (Å²) in [5.74, 6) is 1.98. The summed E-state index contributed by atoms with van der Waals surface area (Å²) in [4.78, 5) is 0. The van der Waals surface area contributed by atoms with Gasteiger partial charge in [0.25, 0.3) is 0 Å². The van der Waals surface area contributed by atoms with Crippen LogP contribution >= 0.6 is 23.2 Å². The number of hydrogen-bond acceptors (Lipinski definition) is 0. The molecular weight excluding hydrogens is 251 g/mol. The Balaban J connectivity index is 2.70. The number of halogens is 2. The van der Waals surface area contributed by atoms with E-state index in [0.29, 0.717) is 17.7 Å². The van der Waals surface area contributed by atoms with E-state index in [-0.39, 0.29) is 5.41 Å². The maximum Gasteiger partial charge on any atom is 0.0294 e. The topological polar surface area (TPSA) is 0 Å². The molecule has 0 nitrogen and oxygen atoms in total. The predicted molar refractivity (Wildman–Crippen MR) is 78.1 cm³/mol. The van der Waals surface area contributed by atoms with Gasteiger partial charge in [-0.2, -0.15) is 0 Å². The molecule has 0 spiro atoms. The molecular formula is C15H22Cl2. The van der Waals surface area contributed by atoms with Gasteiger partial charge in [-0.1, -0.05) is 50.6 Å². The Hall–Kier alpha value is -0.200. The van der Waals surface area contributed by atoms with Gasteiger partial charge in [0, 0.05) is 17.2 Å². The maximum atomic E-state index is 6.17. The van der Waals surface area contributed by atoms with Crippen LogP contribution in [-0.2, 0) is 6.42 Å². The molecule has 0 aliphatic rings. The molecule has 0 amide bonds. The standard InChI is InChI=1S/C15H22Cl2/c1-13(2)8-9-15(11-16,12-17)10-14-6-4-3-5-7-14/h3-7,13H,8-12H2,1-2H3. The van der Waals surface area contributed by atoms with E-state index in [1.807, 2.05) is 6.07 Å². The third-order valence-electron chi connectivity index (χ3n) is 3.24. The van der Waals surface area contributed by atoms with Crippen molar-refractivity contribution in [2.24, 2.45) is 11.3 Å². The highest BCUT2D eigenvalue weighted by Gasteiger charge is 2.28. The zero-order valence-electron chi connectivity index (χ0n) is 10.8. The first kappa shape index (κ1) is 14.9. The summed E-state index contributed by atoms with van der Waals surface area (Å²) in [6.45, 7) is 4.49. The van der Waals surface area contributed by atoms with Gasteiger partial charge in [-0.15, -0.1) is 23.2 Å². The van der Waals surface area contributed by atoms with Crippen LogP contribution in [0.3, 0.4) is 0 Å². The van der Waals surface area contributed by atoms with Gasteiger partial charge < -0.3 is 0 Å². The molecule has 17 heavy (non-hydrogen) atoms. The van der Waals surface area contributed by atoms with Crippen LogP contribution in [-0.4, -0.2) is 11.8 Å². The summed E-state index contributed by atoms with van der Waals surface area (Å²) >= 11 is 12.3. The van der Waals surface area contributed by atoms with Crippen LogP contribution in [0.25, 0.3) is 0 Å². The van der Waals surface area contributed by atoms with Gasteiger partial charge in [-0.05, 0) is 24.3 Å². The van der Waals surface area contributed by atoms with E-state index in [1.54, 1.807) is 0 Å². The summed E-state index contributed by atoms with van der Waals surface area (Å²) in [6.07, 6.45) is 3.27. The molecule has 1 rings (SSSR count). The molecule has 0 saturated carbocycles. The number of benzene rings is 1. The average molecular weight is 273 g/mol. The molecule has 1 aromatic rings. The molecule has 96 valence electrons. The zero-order valence-corrected chi connectivity index (χ0v) is 12.3. The van der Waals surface area contributed by atoms with Gasteiger partial charge >= 0.3 is 0 Å². The molecule has 0 radical (unpaired) electrons. The van der Waals surface area contributed by atoms with Crippen molar-refractivity contribution in [1.82, 2.24) is 0 Å². The summed E-state index contributed by atoms with van der Waals surface area (Å²) in [6, 6.07) is 10.5. The summed E-state index contributed by atoms with van der Waals surface area (Å²) < 4.78 is 0. The molecule has 0 bridgehead atoms. The third-order valence-corrected chi connectivity index (χ3v) is 4.37. The molecule has 0 heterocycles. The first-order valence-corrected chi connectivity index (χ1v) is 7.34. The van der Waals surface area contributed by atoms with E-state index in [2.05, 4.69) is 38.1 Å². The van der Waals surface area contributed by atoms with Crippen LogP contribution < -0.4 is 0 Å². The van der Waals surface area contributed by atoms with E-state index in [0.717, 1.165) is 12.8 Å². The quantitative estimate of drug-likeness (QED) is 0.604. The fourth-order valence-corrected chi connectivity index (χ4v) is 2.72. The van der Waals surface area contributed by atoms with Gasteiger partial charge in [0.2, 0.25) is 0 Å². The Morgan fingerprint density at radius 1 is 1.06 bits per heavy atom.